The minimum Gasteiger partial charge on any atom is -0.378 e. The monoisotopic (exact) mass is 281 g/mol. The van der Waals surface area contributed by atoms with E-state index in [0.29, 0.717) is 23.8 Å². The molecule has 0 bridgehead atoms. The van der Waals surface area contributed by atoms with Crippen LogP contribution in [0.1, 0.15) is 11.3 Å². The first-order chi connectivity index (χ1) is 10.2. The molecule has 2 aromatic heterocycles. The van der Waals surface area contributed by atoms with E-state index in [4.69, 9.17) is 4.74 Å². The SMILES string of the molecule is COCc1cc(=O)[nH]c(-c2cc(C)c3ccccc3n2)n1. The van der Waals surface area contributed by atoms with Gasteiger partial charge in [-0.2, -0.15) is 0 Å². The van der Waals surface area contributed by atoms with Crippen LogP contribution in [0.25, 0.3) is 22.4 Å². The molecule has 3 aromatic rings. The van der Waals surface area contributed by atoms with Crippen LogP contribution in [0.3, 0.4) is 0 Å². The zero-order chi connectivity index (χ0) is 14.8. The lowest BCUT2D eigenvalue weighted by Gasteiger charge is -2.07. The maximum atomic E-state index is 11.7. The summed E-state index contributed by atoms with van der Waals surface area (Å²) in [7, 11) is 1.57. The summed E-state index contributed by atoms with van der Waals surface area (Å²) in [6.07, 6.45) is 0. The lowest BCUT2D eigenvalue weighted by molar-refractivity contribution is 0.181. The normalized spacial score (nSPS) is 11.0. The number of aromatic amines is 1. The fourth-order valence-corrected chi connectivity index (χ4v) is 2.32. The van der Waals surface area contributed by atoms with Crippen LogP contribution in [0.2, 0.25) is 0 Å². The van der Waals surface area contributed by atoms with E-state index >= 15 is 0 Å². The van der Waals surface area contributed by atoms with Gasteiger partial charge < -0.3 is 9.72 Å². The number of rotatable bonds is 3. The molecule has 1 N–H and O–H groups in total. The van der Waals surface area contributed by atoms with Gasteiger partial charge in [-0.3, -0.25) is 4.79 Å². The third-order valence-electron chi connectivity index (χ3n) is 3.25. The second kappa shape index (κ2) is 5.46. The van der Waals surface area contributed by atoms with E-state index in [0.717, 1.165) is 16.5 Å². The molecule has 0 saturated carbocycles. The van der Waals surface area contributed by atoms with Gasteiger partial charge in [0.25, 0.3) is 5.56 Å². The number of nitrogens with one attached hydrogen (secondary N) is 1. The Kier molecular flexibility index (Phi) is 3.50. The highest BCUT2D eigenvalue weighted by molar-refractivity contribution is 5.84. The van der Waals surface area contributed by atoms with E-state index in [1.165, 1.54) is 6.07 Å². The Labute approximate surface area is 121 Å². The minimum atomic E-state index is -0.209. The number of aryl methyl sites for hydroxylation is 1. The Hall–Kier alpha value is -2.53. The Bertz CT molecular complexity index is 856. The number of hydrogen-bond donors (Lipinski definition) is 1. The van der Waals surface area contributed by atoms with Crippen molar-refractivity contribution >= 4 is 10.9 Å². The van der Waals surface area contributed by atoms with Crippen LogP contribution in [0.4, 0.5) is 0 Å². The molecular weight excluding hydrogens is 266 g/mol. The average molecular weight is 281 g/mol. The van der Waals surface area contributed by atoms with E-state index in [9.17, 15) is 4.79 Å². The number of methoxy groups -OCH3 is 1. The molecule has 3 rings (SSSR count). The molecule has 0 atom stereocenters. The lowest BCUT2D eigenvalue weighted by atomic mass is 10.1. The fraction of sp³-hybridized carbons (Fsp3) is 0.188. The summed E-state index contributed by atoms with van der Waals surface area (Å²) in [4.78, 5) is 23.4. The van der Waals surface area contributed by atoms with Crippen molar-refractivity contribution in [3.8, 4) is 11.5 Å². The summed E-state index contributed by atoms with van der Waals surface area (Å²) in [6.45, 7) is 2.31. The molecule has 5 heteroatoms. The molecule has 21 heavy (non-hydrogen) atoms. The maximum Gasteiger partial charge on any atom is 0.251 e. The Morgan fingerprint density at radius 2 is 2.00 bits per heavy atom. The van der Waals surface area contributed by atoms with Crippen molar-refractivity contribution in [1.82, 2.24) is 15.0 Å². The highest BCUT2D eigenvalue weighted by Crippen LogP contribution is 2.21. The summed E-state index contributed by atoms with van der Waals surface area (Å²) < 4.78 is 5.03. The van der Waals surface area contributed by atoms with Crippen molar-refractivity contribution in [2.75, 3.05) is 7.11 Å². The Morgan fingerprint density at radius 1 is 1.19 bits per heavy atom. The van der Waals surface area contributed by atoms with Crippen molar-refractivity contribution in [2.24, 2.45) is 0 Å². The van der Waals surface area contributed by atoms with Gasteiger partial charge in [0.1, 0.15) is 5.69 Å². The number of pyridine rings is 1. The molecule has 106 valence electrons. The summed E-state index contributed by atoms with van der Waals surface area (Å²) in [6, 6.07) is 11.3. The standard InChI is InChI=1S/C16H15N3O2/c1-10-7-14(18-13-6-4-3-5-12(10)13)16-17-11(9-21-2)8-15(20)19-16/h3-8H,9H2,1-2H3,(H,17,19,20). The smallest absolute Gasteiger partial charge is 0.251 e. The summed E-state index contributed by atoms with van der Waals surface area (Å²) in [5, 5.41) is 1.09. The van der Waals surface area contributed by atoms with Crippen molar-refractivity contribution in [1.29, 1.82) is 0 Å². The number of fused-ring (bicyclic) bond motifs is 1. The molecule has 0 spiro atoms. The van der Waals surface area contributed by atoms with Gasteiger partial charge in [0.15, 0.2) is 5.82 Å². The number of benzene rings is 1. The molecule has 0 aliphatic heterocycles. The predicted molar refractivity (Wildman–Crippen MR) is 81.0 cm³/mol. The average Bonchev–Trinajstić information content (AvgIpc) is 2.47. The first kappa shape index (κ1) is 13.5. The molecule has 5 nitrogen and oxygen atoms in total. The number of H-pyrrole nitrogens is 1. The summed E-state index contributed by atoms with van der Waals surface area (Å²) in [5.41, 5.74) is 3.01. The van der Waals surface area contributed by atoms with Gasteiger partial charge in [0, 0.05) is 18.6 Å². The van der Waals surface area contributed by atoms with Crippen molar-refractivity contribution in [3.05, 3.63) is 58.0 Å². The fourth-order valence-electron chi connectivity index (χ4n) is 2.32. The molecule has 0 amide bonds. The number of nitrogens with zero attached hydrogens (tertiary/aromatic N) is 2. The van der Waals surface area contributed by atoms with Gasteiger partial charge in [-0.1, -0.05) is 18.2 Å². The number of para-hydroxylation sites is 1. The van der Waals surface area contributed by atoms with Crippen LogP contribution in [0.5, 0.6) is 0 Å². The van der Waals surface area contributed by atoms with Gasteiger partial charge in [-0.25, -0.2) is 9.97 Å². The van der Waals surface area contributed by atoms with Crippen LogP contribution in [-0.2, 0) is 11.3 Å². The second-order valence-corrected chi connectivity index (χ2v) is 4.86. The van der Waals surface area contributed by atoms with E-state index in [1.807, 2.05) is 37.3 Å². The van der Waals surface area contributed by atoms with E-state index in [1.54, 1.807) is 7.11 Å². The van der Waals surface area contributed by atoms with Crippen molar-refractivity contribution < 1.29 is 4.74 Å². The number of ether oxygens (including phenoxy) is 1. The van der Waals surface area contributed by atoms with Crippen LogP contribution >= 0.6 is 0 Å². The van der Waals surface area contributed by atoms with E-state index < -0.39 is 0 Å². The highest BCUT2D eigenvalue weighted by atomic mass is 16.5. The quantitative estimate of drug-likeness (QED) is 0.800. The van der Waals surface area contributed by atoms with Crippen molar-refractivity contribution in [2.45, 2.75) is 13.5 Å². The van der Waals surface area contributed by atoms with Gasteiger partial charge in [-0.05, 0) is 24.6 Å². The van der Waals surface area contributed by atoms with Gasteiger partial charge in [-0.15, -0.1) is 0 Å². The lowest BCUT2D eigenvalue weighted by Crippen LogP contribution is -2.11. The molecular formula is C16H15N3O2. The van der Waals surface area contributed by atoms with Gasteiger partial charge in [0.05, 0.1) is 17.8 Å². The van der Waals surface area contributed by atoms with Crippen LogP contribution in [-0.4, -0.2) is 22.1 Å². The topological polar surface area (TPSA) is 67.9 Å². The van der Waals surface area contributed by atoms with Crippen LogP contribution < -0.4 is 5.56 Å². The molecule has 0 radical (unpaired) electrons. The largest absolute Gasteiger partial charge is 0.378 e. The maximum absolute atomic E-state index is 11.7. The molecule has 0 aliphatic carbocycles. The zero-order valence-corrected chi connectivity index (χ0v) is 11.9. The van der Waals surface area contributed by atoms with E-state index in [-0.39, 0.29) is 5.56 Å². The van der Waals surface area contributed by atoms with Gasteiger partial charge in [0.2, 0.25) is 0 Å². The van der Waals surface area contributed by atoms with Crippen LogP contribution in [0, 0.1) is 6.92 Å². The second-order valence-electron chi connectivity index (χ2n) is 4.86. The molecule has 0 aliphatic rings. The summed E-state index contributed by atoms with van der Waals surface area (Å²) >= 11 is 0. The summed E-state index contributed by atoms with van der Waals surface area (Å²) in [5.74, 6) is 0.461. The minimum absolute atomic E-state index is 0.209. The molecule has 0 saturated heterocycles. The zero-order valence-electron chi connectivity index (χ0n) is 11.9. The predicted octanol–water partition coefficient (Wildman–Crippen LogP) is 2.44. The highest BCUT2D eigenvalue weighted by Gasteiger charge is 2.08. The third kappa shape index (κ3) is 2.68. The Balaban J connectivity index is 2.18. The number of hydrogen-bond acceptors (Lipinski definition) is 4. The molecule has 2 heterocycles. The molecule has 1 aromatic carbocycles. The number of aromatic nitrogens is 3. The molecule has 0 fully saturated rings. The molecule has 0 unspecified atom stereocenters. The van der Waals surface area contributed by atoms with Gasteiger partial charge >= 0.3 is 0 Å². The van der Waals surface area contributed by atoms with E-state index in [2.05, 4.69) is 15.0 Å². The first-order valence-electron chi connectivity index (χ1n) is 6.63. The van der Waals surface area contributed by atoms with Crippen molar-refractivity contribution in [3.63, 3.8) is 0 Å². The first-order valence-corrected chi connectivity index (χ1v) is 6.63. The third-order valence-corrected chi connectivity index (χ3v) is 3.25. The Morgan fingerprint density at radius 3 is 2.81 bits per heavy atom. The van der Waals surface area contributed by atoms with Crippen LogP contribution in [0.15, 0.2) is 41.2 Å².